The van der Waals surface area contributed by atoms with Gasteiger partial charge >= 0.3 is 0 Å². The number of hydrogen-bond donors (Lipinski definition) is 1. The van der Waals surface area contributed by atoms with E-state index in [-0.39, 0.29) is 16.9 Å². The second-order valence-corrected chi connectivity index (χ2v) is 7.57. The van der Waals surface area contributed by atoms with Gasteiger partial charge in [-0.15, -0.1) is 0 Å². The lowest BCUT2D eigenvalue weighted by Gasteiger charge is -2.26. The van der Waals surface area contributed by atoms with Crippen LogP contribution in [-0.2, 0) is 9.59 Å². The van der Waals surface area contributed by atoms with Crippen molar-refractivity contribution in [2.45, 2.75) is 13.0 Å². The summed E-state index contributed by atoms with van der Waals surface area (Å²) in [6.45, 7) is 1.85. The van der Waals surface area contributed by atoms with Crippen molar-refractivity contribution < 1.29 is 28.6 Å². The largest absolute Gasteiger partial charge is 0.507 e. The topological polar surface area (TPSA) is 76.1 Å². The van der Waals surface area contributed by atoms with Crippen molar-refractivity contribution in [1.29, 1.82) is 0 Å². The molecule has 1 aliphatic rings. The number of carbonyl (C=O) groups excluding carboxylic acids is 2. The highest BCUT2D eigenvalue weighted by molar-refractivity contribution is 6.51. The minimum atomic E-state index is -0.924. The van der Waals surface area contributed by atoms with Gasteiger partial charge in [0.25, 0.3) is 11.7 Å². The van der Waals surface area contributed by atoms with E-state index in [1.807, 2.05) is 19.1 Å². The zero-order valence-electron chi connectivity index (χ0n) is 18.3. The quantitative estimate of drug-likeness (QED) is 0.346. The molecule has 1 N–H and O–H groups in total. The average molecular weight is 447 g/mol. The van der Waals surface area contributed by atoms with E-state index >= 15 is 0 Å². The Labute approximate surface area is 190 Å². The maximum Gasteiger partial charge on any atom is 0.300 e. The lowest BCUT2D eigenvalue weighted by molar-refractivity contribution is -0.132. The zero-order valence-corrected chi connectivity index (χ0v) is 18.3. The summed E-state index contributed by atoms with van der Waals surface area (Å²) in [7, 11) is 2.92. The standard InChI is InChI=1S/C26H22FNO5/c1-15-6-4-5-7-19(15)23-22(24(29)20-14-18(32-2)12-13-21(20)33-3)25(30)26(31)28(23)17-10-8-16(27)9-11-17/h4-14,23,29H,1-3H3/b24-22+. The Morgan fingerprint density at radius 1 is 0.970 bits per heavy atom. The van der Waals surface area contributed by atoms with Crippen LogP contribution in [0.5, 0.6) is 11.5 Å². The van der Waals surface area contributed by atoms with E-state index in [9.17, 15) is 19.1 Å². The first-order valence-electron chi connectivity index (χ1n) is 10.2. The third-order valence-corrected chi connectivity index (χ3v) is 5.69. The average Bonchev–Trinajstić information content (AvgIpc) is 3.09. The van der Waals surface area contributed by atoms with Gasteiger partial charge < -0.3 is 14.6 Å². The summed E-state index contributed by atoms with van der Waals surface area (Å²) in [6, 6.07) is 16.4. The fraction of sp³-hybridized carbons (Fsp3) is 0.154. The van der Waals surface area contributed by atoms with Crippen LogP contribution in [0.3, 0.4) is 0 Å². The normalized spacial score (nSPS) is 17.3. The molecule has 0 saturated carbocycles. The van der Waals surface area contributed by atoms with Gasteiger partial charge in [0.1, 0.15) is 23.1 Å². The number of hydrogen-bond acceptors (Lipinski definition) is 5. The van der Waals surface area contributed by atoms with E-state index < -0.39 is 23.5 Å². The maximum atomic E-state index is 13.6. The number of halogens is 1. The minimum Gasteiger partial charge on any atom is -0.507 e. The number of ether oxygens (including phenoxy) is 2. The van der Waals surface area contributed by atoms with Crippen LogP contribution in [0.15, 0.2) is 72.3 Å². The van der Waals surface area contributed by atoms with Crippen LogP contribution in [0, 0.1) is 12.7 Å². The molecule has 0 aliphatic carbocycles. The van der Waals surface area contributed by atoms with Crippen LogP contribution in [0.25, 0.3) is 5.76 Å². The van der Waals surface area contributed by atoms with Crippen LogP contribution in [0.2, 0.25) is 0 Å². The van der Waals surface area contributed by atoms with E-state index in [1.165, 1.54) is 49.5 Å². The summed E-state index contributed by atoms with van der Waals surface area (Å²) in [5, 5.41) is 11.4. The first kappa shape index (κ1) is 22.1. The number of amides is 1. The fourth-order valence-corrected chi connectivity index (χ4v) is 4.03. The van der Waals surface area contributed by atoms with Gasteiger partial charge in [0.05, 0.1) is 31.4 Å². The van der Waals surface area contributed by atoms with Crippen LogP contribution >= 0.6 is 0 Å². The van der Waals surface area contributed by atoms with E-state index in [2.05, 4.69) is 0 Å². The number of rotatable bonds is 5. The molecule has 1 aliphatic heterocycles. The van der Waals surface area contributed by atoms with Crippen LogP contribution in [-0.4, -0.2) is 31.0 Å². The molecule has 1 heterocycles. The highest BCUT2D eigenvalue weighted by atomic mass is 19.1. The third-order valence-electron chi connectivity index (χ3n) is 5.69. The SMILES string of the molecule is COc1ccc(OC)c(/C(O)=C2\C(=O)C(=O)N(c3ccc(F)cc3)C2c2ccccc2C)c1. The molecule has 168 valence electrons. The van der Waals surface area contributed by atoms with Gasteiger partial charge in [-0.2, -0.15) is 0 Å². The summed E-state index contributed by atoms with van der Waals surface area (Å²) in [6.07, 6.45) is 0. The van der Waals surface area contributed by atoms with Crippen LogP contribution < -0.4 is 14.4 Å². The van der Waals surface area contributed by atoms with E-state index in [0.717, 1.165) is 5.56 Å². The molecular formula is C26H22FNO5. The van der Waals surface area contributed by atoms with Gasteiger partial charge in [-0.05, 0) is 60.5 Å². The van der Waals surface area contributed by atoms with Crippen molar-refractivity contribution >= 4 is 23.1 Å². The minimum absolute atomic E-state index is 0.0924. The Hall–Kier alpha value is -4.13. The second-order valence-electron chi connectivity index (χ2n) is 7.57. The van der Waals surface area contributed by atoms with E-state index in [0.29, 0.717) is 22.7 Å². The summed E-state index contributed by atoms with van der Waals surface area (Å²) in [4.78, 5) is 27.7. The summed E-state index contributed by atoms with van der Waals surface area (Å²) in [5.74, 6) is -1.78. The summed E-state index contributed by atoms with van der Waals surface area (Å²) < 4.78 is 24.2. The Morgan fingerprint density at radius 2 is 1.67 bits per heavy atom. The monoisotopic (exact) mass is 447 g/mol. The number of carbonyl (C=O) groups is 2. The lowest BCUT2D eigenvalue weighted by atomic mass is 9.92. The van der Waals surface area contributed by atoms with Crippen LogP contribution in [0.4, 0.5) is 10.1 Å². The van der Waals surface area contributed by atoms with Crippen molar-refractivity contribution in [1.82, 2.24) is 0 Å². The molecule has 1 unspecified atom stereocenters. The molecule has 0 aromatic heterocycles. The zero-order chi connectivity index (χ0) is 23.7. The van der Waals surface area contributed by atoms with Crippen molar-refractivity contribution in [2.24, 2.45) is 0 Å². The number of anilines is 1. The smallest absolute Gasteiger partial charge is 0.300 e. The van der Waals surface area contributed by atoms with Gasteiger partial charge in [0.15, 0.2) is 0 Å². The molecule has 33 heavy (non-hydrogen) atoms. The van der Waals surface area contributed by atoms with Gasteiger partial charge in [0, 0.05) is 5.69 Å². The Balaban J connectivity index is 2.00. The predicted octanol–water partition coefficient (Wildman–Crippen LogP) is 4.78. The van der Waals surface area contributed by atoms with E-state index in [1.54, 1.807) is 24.3 Å². The molecule has 1 atom stereocenters. The highest BCUT2D eigenvalue weighted by Crippen LogP contribution is 2.44. The van der Waals surface area contributed by atoms with Crippen LogP contribution in [0.1, 0.15) is 22.7 Å². The molecule has 6 nitrogen and oxygen atoms in total. The molecule has 0 radical (unpaired) electrons. The number of aliphatic hydroxyl groups is 1. The first-order valence-corrected chi connectivity index (χ1v) is 10.2. The molecule has 3 aromatic carbocycles. The number of benzene rings is 3. The maximum absolute atomic E-state index is 13.6. The molecule has 0 spiro atoms. The summed E-state index contributed by atoms with van der Waals surface area (Å²) in [5.41, 5.74) is 1.94. The Morgan fingerprint density at radius 3 is 2.30 bits per heavy atom. The number of methoxy groups -OCH3 is 2. The van der Waals surface area contributed by atoms with Gasteiger partial charge in [-0.1, -0.05) is 24.3 Å². The molecule has 1 fully saturated rings. The number of Topliss-reactive ketones (excluding diaryl/α,β-unsaturated/α-hetero) is 1. The lowest BCUT2D eigenvalue weighted by Crippen LogP contribution is -2.29. The first-order chi connectivity index (χ1) is 15.9. The molecule has 7 heteroatoms. The van der Waals surface area contributed by atoms with Crippen molar-refractivity contribution in [3.05, 3.63) is 94.8 Å². The van der Waals surface area contributed by atoms with Crippen molar-refractivity contribution in [3.8, 4) is 11.5 Å². The number of aryl methyl sites for hydroxylation is 1. The Kier molecular flexibility index (Phi) is 5.87. The van der Waals surface area contributed by atoms with Gasteiger partial charge in [-0.25, -0.2) is 4.39 Å². The fourth-order valence-electron chi connectivity index (χ4n) is 4.03. The third kappa shape index (κ3) is 3.82. The van der Waals surface area contributed by atoms with E-state index in [4.69, 9.17) is 9.47 Å². The van der Waals surface area contributed by atoms with Crippen molar-refractivity contribution in [2.75, 3.05) is 19.1 Å². The predicted molar refractivity (Wildman–Crippen MR) is 122 cm³/mol. The molecule has 1 saturated heterocycles. The van der Waals surface area contributed by atoms with Crippen molar-refractivity contribution in [3.63, 3.8) is 0 Å². The number of nitrogens with zero attached hydrogens (tertiary/aromatic N) is 1. The Bertz CT molecular complexity index is 1270. The highest BCUT2D eigenvalue weighted by Gasteiger charge is 2.47. The van der Waals surface area contributed by atoms with Gasteiger partial charge in [-0.3, -0.25) is 14.5 Å². The number of aliphatic hydroxyl groups excluding tert-OH is 1. The molecule has 4 rings (SSSR count). The molecular weight excluding hydrogens is 425 g/mol. The molecule has 0 bridgehead atoms. The van der Waals surface area contributed by atoms with Gasteiger partial charge in [0.2, 0.25) is 0 Å². The second kappa shape index (κ2) is 8.78. The molecule has 3 aromatic rings. The summed E-state index contributed by atoms with van der Waals surface area (Å²) >= 11 is 0. The molecule has 1 amide bonds. The number of ketones is 1.